The normalized spacial score (nSPS) is 11.9. The van der Waals surface area contributed by atoms with Crippen LogP contribution in [0.2, 0.25) is 0 Å². The Morgan fingerprint density at radius 3 is 2.80 bits per heavy atom. The minimum absolute atomic E-state index is 0.0809. The summed E-state index contributed by atoms with van der Waals surface area (Å²) >= 11 is 0. The number of nitrogens with zero attached hydrogens (tertiary/aromatic N) is 3. The maximum atomic E-state index is 11.1. The number of anilines is 1. The van der Waals surface area contributed by atoms with E-state index in [1.165, 1.54) is 13.0 Å². The summed E-state index contributed by atoms with van der Waals surface area (Å²) in [6.07, 6.45) is 5.09. The molecular weight excluding hydrogens is 260 g/mol. The van der Waals surface area contributed by atoms with E-state index in [1.807, 2.05) is 11.5 Å². The Labute approximate surface area is 115 Å². The third-order valence-corrected chi connectivity index (χ3v) is 2.98. The molecule has 0 saturated heterocycles. The molecule has 0 aliphatic carbocycles. The molecule has 0 spiro atoms. The minimum Gasteiger partial charge on any atom is -0.330 e. The van der Waals surface area contributed by atoms with Gasteiger partial charge in [-0.2, -0.15) is 0 Å². The lowest BCUT2D eigenvalue weighted by atomic mass is 10.1. The summed E-state index contributed by atoms with van der Waals surface area (Å²) in [6.45, 7) is 3.23. The summed E-state index contributed by atoms with van der Waals surface area (Å²) in [6, 6.07) is 4.68. The molecule has 1 amide bonds. The van der Waals surface area contributed by atoms with E-state index in [-0.39, 0.29) is 23.3 Å². The van der Waals surface area contributed by atoms with Crippen LogP contribution in [0.15, 0.2) is 36.9 Å². The number of nitro benzene ring substituents is 1. The zero-order chi connectivity index (χ0) is 14.7. The van der Waals surface area contributed by atoms with Gasteiger partial charge in [0, 0.05) is 25.4 Å². The van der Waals surface area contributed by atoms with Gasteiger partial charge in [-0.05, 0) is 18.6 Å². The smallest absolute Gasteiger partial charge is 0.293 e. The summed E-state index contributed by atoms with van der Waals surface area (Å²) in [5.74, 6) is -0.344. The molecule has 0 aliphatic rings. The van der Waals surface area contributed by atoms with Crippen LogP contribution in [0.25, 0.3) is 0 Å². The molecule has 7 heteroatoms. The third-order valence-electron chi connectivity index (χ3n) is 2.98. The van der Waals surface area contributed by atoms with Crippen molar-refractivity contribution >= 4 is 17.3 Å². The van der Waals surface area contributed by atoms with E-state index in [0.29, 0.717) is 0 Å². The fraction of sp³-hybridized carbons (Fsp3) is 0.231. The topological polar surface area (TPSA) is 90.1 Å². The first-order valence-corrected chi connectivity index (χ1v) is 6.02. The van der Waals surface area contributed by atoms with Crippen molar-refractivity contribution in [3.05, 3.63) is 52.6 Å². The molecule has 1 N–H and O–H groups in total. The van der Waals surface area contributed by atoms with Gasteiger partial charge in [-0.1, -0.05) is 6.07 Å². The highest BCUT2D eigenvalue weighted by Gasteiger charge is 2.18. The highest BCUT2D eigenvalue weighted by molar-refractivity contribution is 5.91. The molecule has 0 saturated carbocycles. The van der Waals surface area contributed by atoms with Gasteiger partial charge in [0.05, 0.1) is 17.3 Å². The fourth-order valence-corrected chi connectivity index (χ4v) is 1.93. The van der Waals surface area contributed by atoms with Gasteiger partial charge in [0.15, 0.2) is 0 Å². The first-order chi connectivity index (χ1) is 9.49. The number of nitro groups is 1. The van der Waals surface area contributed by atoms with Gasteiger partial charge in [0.1, 0.15) is 5.69 Å². The number of imidazole rings is 1. The predicted molar refractivity (Wildman–Crippen MR) is 73.4 cm³/mol. The molecule has 1 aromatic carbocycles. The summed E-state index contributed by atoms with van der Waals surface area (Å²) < 4.78 is 1.84. The lowest BCUT2D eigenvalue weighted by molar-refractivity contribution is -0.384. The van der Waals surface area contributed by atoms with Crippen LogP contribution in [0.4, 0.5) is 11.4 Å². The molecule has 104 valence electrons. The first kappa shape index (κ1) is 13.7. The number of benzene rings is 1. The van der Waals surface area contributed by atoms with Crippen LogP contribution in [0, 0.1) is 10.1 Å². The Morgan fingerprint density at radius 1 is 1.50 bits per heavy atom. The zero-order valence-electron chi connectivity index (χ0n) is 11.1. The second-order valence-electron chi connectivity index (χ2n) is 4.40. The molecule has 20 heavy (non-hydrogen) atoms. The van der Waals surface area contributed by atoms with Gasteiger partial charge in [-0.15, -0.1) is 0 Å². The van der Waals surface area contributed by atoms with Gasteiger partial charge >= 0.3 is 0 Å². The van der Waals surface area contributed by atoms with Gasteiger partial charge < -0.3 is 9.88 Å². The summed E-state index contributed by atoms with van der Waals surface area (Å²) in [5.41, 5.74) is 0.845. The van der Waals surface area contributed by atoms with Crippen molar-refractivity contribution in [2.75, 3.05) is 5.32 Å². The summed E-state index contributed by atoms with van der Waals surface area (Å²) in [7, 11) is 0. The molecule has 0 aliphatic heterocycles. The molecule has 1 aromatic heterocycles. The summed E-state index contributed by atoms with van der Waals surface area (Å²) in [5, 5.41) is 13.6. The quantitative estimate of drug-likeness (QED) is 0.684. The molecule has 1 unspecified atom stereocenters. The van der Waals surface area contributed by atoms with E-state index in [4.69, 9.17) is 0 Å². The lowest BCUT2D eigenvalue weighted by Crippen LogP contribution is -2.10. The number of hydrogen-bond acceptors (Lipinski definition) is 4. The number of carbonyl (C=O) groups excluding carboxylic acids is 1. The number of amides is 1. The Kier molecular flexibility index (Phi) is 3.79. The van der Waals surface area contributed by atoms with Crippen molar-refractivity contribution in [2.24, 2.45) is 0 Å². The van der Waals surface area contributed by atoms with E-state index in [0.717, 1.165) is 5.56 Å². The van der Waals surface area contributed by atoms with E-state index in [9.17, 15) is 14.9 Å². The van der Waals surface area contributed by atoms with Crippen LogP contribution >= 0.6 is 0 Å². The van der Waals surface area contributed by atoms with Crippen molar-refractivity contribution in [3.63, 3.8) is 0 Å². The van der Waals surface area contributed by atoms with E-state index in [2.05, 4.69) is 10.3 Å². The van der Waals surface area contributed by atoms with Gasteiger partial charge in [0.25, 0.3) is 5.69 Å². The number of aromatic nitrogens is 2. The molecule has 1 atom stereocenters. The summed E-state index contributed by atoms with van der Waals surface area (Å²) in [4.78, 5) is 25.6. The van der Waals surface area contributed by atoms with Crippen molar-refractivity contribution in [1.29, 1.82) is 0 Å². The number of carbonyl (C=O) groups is 1. The monoisotopic (exact) mass is 274 g/mol. The van der Waals surface area contributed by atoms with Crippen molar-refractivity contribution in [2.45, 2.75) is 19.9 Å². The Balaban J connectivity index is 2.39. The van der Waals surface area contributed by atoms with Crippen LogP contribution in [0.1, 0.15) is 25.5 Å². The molecule has 0 radical (unpaired) electrons. The van der Waals surface area contributed by atoms with E-state index < -0.39 is 4.92 Å². The molecule has 7 nitrogen and oxygen atoms in total. The molecule has 2 aromatic rings. The zero-order valence-corrected chi connectivity index (χ0v) is 11.1. The van der Waals surface area contributed by atoms with Crippen molar-refractivity contribution in [3.8, 4) is 0 Å². The number of hydrogen-bond donors (Lipinski definition) is 1. The molecular formula is C13H14N4O3. The van der Waals surface area contributed by atoms with E-state index in [1.54, 1.807) is 30.9 Å². The van der Waals surface area contributed by atoms with Crippen LogP contribution in [0.5, 0.6) is 0 Å². The molecule has 2 rings (SSSR count). The van der Waals surface area contributed by atoms with Crippen LogP contribution in [-0.4, -0.2) is 20.4 Å². The highest BCUT2D eigenvalue weighted by atomic mass is 16.6. The van der Waals surface area contributed by atoms with Crippen LogP contribution < -0.4 is 5.32 Å². The first-order valence-electron chi connectivity index (χ1n) is 6.02. The Morgan fingerprint density at radius 2 is 2.25 bits per heavy atom. The second-order valence-corrected chi connectivity index (χ2v) is 4.40. The largest absolute Gasteiger partial charge is 0.330 e. The highest BCUT2D eigenvalue weighted by Crippen LogP contribution is 2.29. The average Bonchev–Trinajstić information content (AvgIpc) is 2.91. The maximum absolute atomic E-state index is 11.1. The standard InChI is InChI=1S/C13H14N4O3/c1-9(16-6-5-14-8-16)11-3-4-12(15-10(2)18)13(7-11)17(19)20/h3-9H,1-2H3,(H,15,18). The SMILES string of the molecule is CC(=O)Nc1ccc(C(C)n2ccnc2)cc1[N+](=O)[O-]. The average molecular weight is 274 g/mol. The van der Waals surface area contributed by atoms with Crippen LogP contribution in [0.3, 0.4) is 0 Å². The van der Waals surface area contributed by atoms with Gasteiger partial charge in [0.2, 0.25) is 5.91 Å². The molecule has 0 fully saturated rings. The number of nitrogens with one attached hydrogen (secondary N) is 1. The Bertz CT molecular complexity index is 637. The van der Waals surface area contributed by atoms with Crippen molar-refractivity contribution in [1.82, 2.24) is 9.55 Å². The van der Waals surface area contributed by atoms with Crippen LogP contribution in [-0.2, 0) is 4.79 Å². The third kappa shape index (κ3) is 2.82. The second kappa shape index (κ2) is 5.52. The minimum atomic E-state index is -0.505. The lowest BCUT2D eigenvalue weighted by Gasteiger charge is -2.14. The van der Waals surface area contributed by atoms with Crippen molar-refractivity contribution < 1.29 is 9.72 Å². The van der Waals surface area contributed by atoms with Gasteiger partial charge in [-0.3, -0.25) is 14.9 Å². The molecule has 1 heterocycles. The number of rotatable bonds is 4. The van der Waals surface area contributed by atoms with E-state index >= 15 is 0 Å². The molecule has 0 bridgehead atoms. The van der Waals surface area contributed by atoms with Gasteiger partial charge in [-0.25, -0.2) is 4.98 Å². The maximum Gasteiger partial charge on any atom is 0.293 e. The fourth-order valence-electron chi connectivity index (χ4n) is 1.93. The predicted octanol–water partition coefficient (Wildman–Crippen LogP) is 2.36. The Hall–Kier alpha value is -2.70.